The van der Waals surface area contributed by atoms with Crippen LogP contribution in [0.25, 0.3) is 89.7 Å². The summed E-state index contributed by atoms with van der Waals surface area (Å²) in [6.07, 6.45) is 0. The fraction of sp³-hybridized carbons (Fsp3) is 0.0303. The number of hydrogen-bond donors (Lipinski definition) is 3. The maximum atomic E-state index is 10.8. The Morgan fingerprint density at radius 1 is 0.465 bits per heavy atom. The van der Waals surface area contributed by atoms with Gasteiger partial charge in [0.25, 0.3) is 0 Å². The van der Waals surface area contributed by atoms with Crippen LogP contribution in [0.2, 0.25) is 0 Å². The van der Waals surface area contributed by atoms with E-state index in [1.165, 1.54) is 0 Å². The first-order valence-electron chi connectivity index (χ1n) is 14.0. The summed E-state index contributed by atoms with van der Waals surface area (Å²) in [5.41, 5.74) is 6.28. The van der Waals surface area contributed by atoms with E-state index >= 15 is 0 Å². The van der Waals surface area contributed by atoms with Gasteiger partial charge in [0, 0.05) is 54.0 Å². The molecule has 3 N–H and O–H groups in total. The number of aliphatic hydroxyl groups is 1. The monoisotopic (exact) mass is 574 g/mol. The number of H-pyrrole nitrogens is 2. The molecule has 4 aromatic carbocycles. The van der Waals surface area contributed by atoms with E-state index in [0.717, 1.165) is 49.4 Å². The van der Waals surface area contributed by atoms with Crippen LogP contribution in [0.5, 0.6) is 0 Å². The van der Waals surface area contributed by atoms with Gasteiger partial charge in [-0.1, -0.05) is 91.0 Å². The number of aromatic nitrogens is 8. The molecule has 0 fully saturated rings. The van der Waals surface area contributed by atoms with Crippen molar-refractivity contribution in [1.29, 1.82) is 0 Å². The second kappa shape index (κ2) is 8.96. The lowest BCUT2D eigenvalue weighted by molar-refractivity contribution is 0.264. The highest BCUT2D eigenvalue weighted by Crippen LogP contribution is 2.37. The molecule has 5 heterocycles. The summed E-state index contributed by atoms with van der Waals surface area (Å²) in [5, 5.41) is 14.3. The molecule has 8 bridgehead atoms. The molecular weight excluding hydrogens is 553 g/mol. The van der Waals surface area contributed by atoms with Gasteiger partial charge in [-0.05, 0) is 5.56 Å². The van der Waals surface area contributed by atoms with Gasteiger partial charge < -0.3 is 15.1 Å². The summed E-state index contributed by atoms with van der Waals surface area (Å²) in [6.45, 7) is 0. The lowest BCUT2D eigenvalue weighted by Gasteiger charge is -2.06. The van der Waals surface area contributed by atoms with Gasteiger partial charge in [0.05, 0.1) is 5.73 Å². The Balaban J connectivity index is 1.52. The van der Waals surface area contributed by atoms with E-state index < -0.39 is 5.73 Å². The Hall–Kier alpha value is -5.58. The first-order valence-corrected chi connectivity index (χ1v) is 15.2. The van der Waals surface area contributed by atoms with Gasteiger partial charge in [0.1, 0.15) is 22.6 Å². The van der Waals surface area contributed by atoms with Crippen LogP contribution in [0.15, 0.2) is 91.0 Å². The number of aliphatic hydroxyl groups excluding tert-OH is 1. The van der Waals surface area contributed by atoms with Crippen molar-refractivity contribution >= 4 is 54.4 Å². The minimum Gasteiger partial charge on any atom is -0.393 e. The highest BCUT2D eigenvalue weighted by Gasteiger charge is 2.22. The Morgan fingerprint density at radius 2 is 0.860 bits per heavy atom. The summed E-state index contributed by atoms with van der Waals surface area (Å²) in [5.74, 6) is 2.21. The van der Waals surface area contributed by atoms with E-state index in [4.69, 9.17) is 29.9 Å². The van der Waals surface area contributed by atoms with Crippen molar-refractivity contribution in [1.82, 2.24) is 39.9 Å². The molecule has 0 saturated carbocycles. The molecule has 10 heteroatoms. The fourth-order valence-corrected chi connectivity index (χ4v) is 6.55. The first kappa shape index (κ1) is 24.1. The third kappa shape index (κ3) is 3.60. The van der Waals surface area contributed by atoms with E-state index in [-0.39, 0.29) is 0 Å². The normalized spacial score (nSPS) is 12.9. The molecular formula is C33H22N8OSi. The number of nitrogens with one attached hydrogen (secondary N) is 2. The van der Waals surface area contributed by atoms with Crippen LogP contribution in [0.1, 0.15) is 11.3 Å². The molecule has 1 atom stereocenters. The molecule has 0 radical (unpaired) electrons. The van der Waals surface area contributed by atoms with E-state index in [9.17, 15) is 5.11 Å². The van der Waals surface area contributed by atoms with Crippen molar-refractivity contribution in [3.63, 3.8) is 0 Å². The van der Waals surface area contributed by atoms with Crippen molar-refractivity contribution in [2.75, 3.05) is 0 Å². The minimum absolute atomic E-state index is 0.536. The van der Waals surface area contributed by atoms with Crippen LogP contribution in [-0.2, 0) is 0 Å². The van der Waals surface area contributed by atoms with Gasteiger partial charge in [-0.25, -0.2) is 29.9 Å². The first-order chi connectivity index (χ1) is 21.1. The molecule has 0 spiro atoms. The highest BCUT2D eigenvalue weighted by molar-refractivity contribution is 6.15. The second-order valence-corrected chi connectivity index (χ2v) is 11.8. The fourth-order valence-electron chi connectivity index (χ4n) is 6.07. The van der Waals surface area contributed by atoms with Gasteiger partial charge in [0.2, 0.25) is 0 Å². The van der Waals surface area contributed by atoms with E-state index in [0.29, 0.717) is 56.1 Å². The Morgan fingerprint density at radius 3 is 1.35 bits per heavy atom. The molecule has 204 valence electrons. The highest BCUT2D eigenvalue weighted by atomic mass is 28.1. The zero-order chi connectivity index (χ0) is 28.7. The van der Waals surface area contributed by atoms with Crippen molar-refractivity contribution < 1.29 is 5.11 Å². The predicted octanol–water partition coefficient (Wildman–Crippen LogP) is 5.23. The molecule has 2 aliphatic heterocycles. The molecule has 0 saturated heterocycles. The van der Waals surface area contributed by atoms with Crippen LogP contribution in [0, 0.1) is 0 Å². The van der Waals surface area contributed by atoms with Crippen molar-refractivity contribution in [3.05, 3.63) is 96.6 Å². The van der Waals surface area contributed by atoms with Gasteiger partial charge in [0.15, 0.2) is 23.3 Å². The summed E-state index contributed by atoms with van der Waals surface area (Å²) in [4.78, 5) is 36.9. The van der Waals surface area contributed by atoms with Crippen LogP contribution in [0.4, 0.5) is 0 Å². The van der Waals surface area contributed by atoms with Crippen molar-refractivity contribution in [3.8, 4) is 45.6 Å². The van der Waals surface area contributed by atoms with Crippen LogP contribution in [0.3, 0.4) is 0 Å². The van der Waals surface area contributed by atoms with Crippen molar-refractivity contribution in [2.45, 2.75) is 5.73 Å². The molecule has 1 unspecified atom stereocenters. The minimum atomic E-state index is -0.580. The molecule has 7 aromatic rings. The Kier molecular flexibility index (Phi) is 5.01. The van der Waals surface area contributed by atoms with E-state index in [2.05, 4.69) is 9.97 Å². The maximum absolute atomic E-state index is 10.8. The third-order valence-corrected chi connectivity index (χ3v) is 8.68. The van der Waals surface area contributed by atoms with Crippen molar-refractivity contribution in [2.24, 2.45) is 0 Å². The van der Waals surface area contributed by atoms with E-state index in [1.54, 1.807) is 0 Å². The maximum Gasteiger partial charge on any atom is 0.164 e. The lowest BCUT2D eigenvalue weighted by Crippen LogP contribution is -1.96. The number of benzene rings is 4. The number of aromatic amines is 2. The number of rotatable bonds is 1. The molecule has 0 aliphatic carbocycles. The number of hydrogen-bond acceptors (Lipinski definition) is 7. The Labute approximate surface area is 246 Å². The van der Waals surface area contributed by atoms with Gasteiger partial charge in [-0.15, -0.1) is 0 Å². The molecule has 43 heavy (non-hydrogen) atoms. The van der Waals surface area contributed by atoms with Gasteiger partial charge in [-0.2, -0.15) is 0 Å². The number of nitrogens with zero attached hydrogens (tertiary/aromatic N) is 6. The molecule has 2 aliphatic rings. The lowest BCUT2D eigenvalue weighted by atomic mass is 10.1. The zero-order valence-electron chi connectivity index (χ0n) is 22.9. The van der Waals surface area contributed by atoms with Crippen LogP contribution >= 0.6 is 0 Å². The Bertz CT molecular complexity index is 2460. The molecule has 3 aromatic heterocycles. The summed E-state index contributed by atoms with van der Waals surface area (Å²) >= 11 is 0. The van der Waals surface area contributed by atoms with Gasteiger partial charge in [-0.3, -0.25) is 0 Å². The number of fused-ring (bicyclic) bond motifs is 20. The summed E-state index contributed by atoms with van der Waals surface area (Å²) in [6, 6.07) is 29.8. The quantitative estimate of drug-likeness (QED) is 0.229. The third-order valence-electron chi connectivity index (χ3n) is 8.06. The molecule has 9 rings (SSSR count). The summed E-state index contributed by atoms with van der Waals surface area (Å²) < 4.78 is 0. The van der Waals surface area contributed by atoms with Gasteiger partial charge >= 0.3 is 0 Å². The average molecular weight is 575 g/mol. The van der Waals surface area contributed by atoms with E-state index in [1.807, 2.05) is 91.0 Å². The average Bonchev–Trinajstić information content (AvgIpc) is 3.76. The topological polar surface area (TPSA) is 129 Å². The largest absolute Gasteiger partial charge is 0.393 e. The molecule has 0 amide bonds. The van der Waals surface area contributed by atoms with Crippen LogP contribution in [-0.4, -0.2) is 55.2 Å². The predicted molar refractivity (Wildman–Crippen MR) is 171 cm³/mol. The zero-order valence-corrected chi connectivity index (χ0v) is 24.9. The molecule has 9 nitrogen and oxygen atoms in total. The second-order valence-electron chi connectivity index (χ2n) is 10.7. The summed E-state index contributed by atoms with van der Waals surface area (Å²) in [7, 11) is 0.565. The smallest absolute Gasteiger partial charge is 0.164 e. The standard InChI is InChI=1S/C33H22N8OSi/c42-33(43)23-15-7-14-22-24(23)32-40-30-21-13-6-5-12-20(21)28(38-30)36-26-17-9-2-1-8-16(17)25(34-26)35-27-18-10-3-4-11-19(18)29(37-27)39-31(22)41-32/h1-15,33,42H,43H3,(H2,34,35,36,37,38,39,40,41). The van der Waals surface area contributed by atoms with Crippen LogP contribution < -0.4 is 0 Å². The SMILES string of the molecule is OC([SiH3])c1cccc2c3nc4nc(nc5[nH]c(nc6nc(nc([nH]3)c12)-c1ccccc1-6)c1ccccc51)-c1ccccc1-4.